The van der Waals surface area contributed by atoms with E-state index in [2.05, 4.69) is 0 Å². The number of carboxylic acids is 1. The number of benzene rings is 3. The summed E-state index contributed by atoms with van der Waals surface area (Å²) in [6, 6.07) is 21.5. The molecule has 2 atom stereocenters. The Bertz CT molecular complexity index is 1310. The second kappa shape index (κ2) is 12.5. The Labute approximate surface area is 234 Å². The molecule has 1 aliphatic carbocycles. The number of hydrogen-bond acceptors (Lipinski definition) is 6. The molecule has 0 spiro atoms. The number of rotatable bonds is 9. The maximum Gasteiger partial charge on any atom is 0.326 e. The second-order valence-electron chi connectivity index (χ2n) is 10.4. The van der Waals surface area contributed by atoms with E-state index in [1.165, 1.54) is 4.90 Å². The molecule has 2 N–H and O–H groups in total. The van der Waals surface area contributed by atoms with E-state index in [1.54, 1.807) is 13.2 Å². The van der Waals surface area contributed by atoms with Gasteiger partial charge in [-0.25, -0.2) is 4.79 Å². The summed E-state index contributed by atoms with van der Waals surface area (Å²) < 4.78 is 18.1. The first-order valence-electron chi connectivity index (χ1n) is 13.7. The van der Waals surface area contributed by atoms with Crippen molar-refractivity contribution in [3.8, 4) is 11.5 Å². The summed E-state index contributed by atoms with van der Waals surface area (Å²) in [5, 5.41) is 20.2. The molecular weight excluding hydrogens is 510 g/mol. The molecule has 8 heteroatoms. The van der Waals surface area contributed by atoms with E-state index >= 15 is 0 Å². The van der Waals surface area contributed by atoms with Gasteiger partial charge >= 0.3 is 5.97 Å². The zero-order valence-electron chi connectivity index (χ0n) is 22.6. The molecule has 0 saturated heterocycles. The van der Waals surface area contributed by atoms with E-state index < -0.39 is 24.0 Å². The minimum absolute atomic E-state index is 0.0782. The van der Waals surface area contributed by atoms with Crippen molar-refractivity contribution in [2.24, 2.45) is 0 Å². The average Bonchev–Trinajstić information content (AvgIpc) is 2.99. The molecule has 0 radical (unpaired) electrons. The lowest BCUT2D eigenvalue weighted by Gasteiger charge is -2.38. The van der Waals surface area contributed by atoms with Gasteiger partial charge < -0.3 is 29.3 Å². The summed E-state index contributed by atoms with van der Waals surface area (Å²) >= 11 is 0. The number of amides is 1. The number of carboxylic acid groups (broad SMARTS) is 1. The van der Waals surface area contributed by atoms with Crippen molar-refractivity contribution in [3.05, 3.63) is 95.1 Å². The van der Waals surface area contributed by atoms with Crippen LogP contribution in [0.5, 0.6) is 11.5 Å². The van der Waals surface area contributed by atoms with Crippen molar-refractivity contribution in [3.63, 3.8) is 0 Å². The number of fused-ring (bicyclic) bond motifs is 1. The van der Waals surface area contributed by atoms with Gasteiger partial charge in [-0.2, -0.15) is 0 Å². The first kappa shape index (κ1) is 27.7. The van der Waals surface area contributed by atoms with Crippen LogP contribution in [0.1, 0.15) is 54.0 Å². The molecule has 0 bridgehead atoms. The zero-order valence-corrected chi connectivity index (χ0v) is 22.6. The highest BCUT2D eigenvalue weighted by atomic mass is 16.5. The molecule has 1 fully saturated rings. The standard InChI is InChI=1S/C32H35NO7/c1-38-28-17-12-23-19-33(27(32(36)37)18-26(23)30(28)39-20-21-8-4-2-5-9-21)31(35)29(22-10-6-3-7-11-22)40-25-15-13-24(34)14-16-25/h2-12,17,24-25,27,29,34H,13-16,18-20H2,1H3,(H,36,37)/t24-,25+,27-,29-/m0/s1. The van der Waals surface area contributed by atoms with Crippen molar-refractivity contribution >= 4 is 11.9 Å². The SMILES string of the molecule is COc1ccc2c(c1OCc1ccccc1)C[C@@H](C(=O)O)N(C(=O)[C@@H](O[C@H]1CC[C@@H](O)CC1)c1ccccc1)C2. The van der Waals surface area contributed by atoms with E-state index in [-0.39, 0.29) is 25.2 Å². The predicted octanol–water partition coefficient (Wildman–Crippen LogP) is 4.67. The highest BCUT2D eigenvalue weighted by Crippen LogP contribution is 2.40. The Balaban J connectivity index is 1.44. The van der Waals surface area contributed by atoms with Crippen molar-refractivity contribution in [2.75, 3.05) is 7.11 Å². The third-order valence-electron chi connectivity index (χ3n) is 7.75. The minimum atomic E-state index is -1.10. The van der Waals surface area contributed by atoms with Gasteiger partial charge in [0, 0.05) is 18.5 Å². The van der Waals surface area contributed by atoms with E-state index in [9.17, 15) is 19.8 Å². The van der Waals surface area contributed by atoms with Gasteiger partial charge in [-0.3, -0.25) is 4.79 Å². The van der Waals surface area contributed by atoms with Crippen LogP contribution in [0.25, 0.3) is 0 Å². The Hall–Kier alpha value is -3.88. The predicted molar refractivity (Wildman–Crippen MR) is 148 cm³/mol. The van der Waals surface area contributed by atoms with Gasteiger partial charge in [-0.05, 0) is 48.4 Å². The van der Waals surface area contributed by atoms with Crippen molar-refractivity contribution in [1.29, 1.82) is 0 Å². The molecule has 8 nitrogen and oxygen atoms in total. The van der Waals surface area contributed by atoms with Crippen LogP contribution in [0, 0.1) is 0 Å². The number of ether oxygens (including phenoxy) is 3. The topological polar surface area (TPSA) is 106 Å². The quantitative estimate of drug-likeness (QED) is 0.402. The van der Waals surface area contributed by atoms with Gasteiger partial charge in [0.25, 0.3) is 5.91 Å². The lowest BCUT2D eigenvalue weighted by Crippen LogP contribution is -2.51. The number of methoxy groups -OCH3 is 1. The fraction of sp³-hybridized carbons (Fsp3) is 0.375. The Morgan fingerprint density at radius 3 is 2.27 bits per heavy atom. The van der Waals surface area contributed by atoms with Crippen molar-refractivity contribution in [1.82, 2.24) is 4.90 Å². The summed E-state index contributed by atoms with van der Waals surface area (Å²) in [7, 11) is 1.55. The first-order chi connectivity index (χ1) is 19.4. The number of aliphatic hydroxyl groups excluding tert-OH is 1. The van der Waals surface area contributed by atoms with Gasteiger partial charge in [0.2, 0.25) is 0 Å². The molecular formula is C32H35NO7. The molecule has 0 aromatic heterocycles. The van der Waals surface area contributed by atoms with Gasteiger partial charge in [0.1, 0.15) is 12.6 Å². The summed E-state index contributed by atoms with van der Waals surface area (Å²) in [4.78, 5) is 28.1. The molecule has 210 valence electrons. The first-order valence-corrected chi connectivity index (χ1v) is 13.7. The van der Waals surface area contributed by atoms with Crippen LogP contribution in [-0.2, 0) is 33.9 Å². The van der Waals surface area contributed by atoms with Crippen LogP contribution in [0.2, 0.25) is 0 Å². The van der Waals surface area contributed by atoms with E-state index in [0.717, 1.165) is 16.7 Å². The summed E-state index contributed by atoms with van der Waals surface area (Å²) in [5.41, 5.74) is 3.19. The van der Waals surface area contributed by atoms with Crippen molar-refractivity contribution < 1.29 is 34.0 Å². The highest BCUT2D eigenvalue weighted by molar-refractivity contribution is 5.88. The number of nitrogens with zero attached hydrogens (tertiary/aromatic N) is 1. The second-order valence-corrected chi connectivity index (χ2v) is 10.4. The zero-order chi connectivity index (χ0) is 28.1. The molecule has 2 aliphatic rings. The number of carbonyl (C=O) groups is 2. The molecule has 1 amide bonds. The molecule has 40 heavy (non-hydrogen) atoms. The highest BCUT2D eigenvalue weighted by Gasteiger charge is 2.41. The number of hydrogen-bond donors (Lipinski definition) is 2. The lowest BCUT2D eigenvalue weighted by molar-refractivity contribution is -0.161. The largest absolute Gasteiger partial charge is 0.493 e. The number of aliphatic hydroxyl groups is 1. The smallest absolute Gasteiger partial charge is 0.326 e. The van der Waals surface area contributed by atoms with Gasteiger partial charge in [0.05, 0.1) is 19.3 Å². The fourth-order valence-electron chi connectivity index (χ4n) is 5.55. The molecule has 3 aromatic carbocycles. The Morgan fingerprint density at radius 1 is 0.950 bits per heavy atom. The Kier molecular flexibility index (Phi) is 8.67. The van der Waals surface area contributed by atoms with Crippen LogP contribution in [0.4, 0.5) is 0 Å². The van der Waals surface area contributed by atoms with Crippen LogP contribution < -0.4 is 9.47 Å². The van der Waals surface area contributed by atoms with E-state index in [4.69, 9.17) is 14.2 Å². The molecule has 1 aliphatic heterocycles. The fourth-order valence-corrected chi connectivity index (χ4v) is 5.55. The van der Waals surface area contributed by atoms with Crippen LogP contribution in [0.15, 0.2) is 72.8 Å². The molecule has 5 rings (SSSR count). The average molecular weight is 546 g/mol. The van der Waals surface area contributed by atoms with Crippen molar-refractivity contribution in [2.45, 2.75) is 69.6 Å². The normalized spacial score (nSPS) is 21.2. The summed E-state index contributed by atoms with van der Waals surface area (Å²) in [6.45, 7) is 0.404. The maximum atomic E-state index is 14.1. The van der Waals surface area contributed by atoms with E-state index in [1.807, 2.05) is 66.7 Å². The molecule has 0 unspecified atom stereocenters. The van der Waals surface area contributed by atoms with Gasteiger partial charge in [-0.15, -0.1) is 0 Å². The van der Waals surface area contributed by atoms with Crippen LogP contribution >= 0.6 is 0 Å². The monoisotopic (exact) mass is 545 g/mol. The molecule has 1 heterocycles. The third kappa shape index (κ3) is 6.13. The third-order valence-corrected chi connectivity index (χ3v) is 7.75. The summed E-state index contributed by atoms with van der Waals surface area (Å²) in [6.07, 6.45) is 1.10. The Morgan fingerprint density at radius 2 is 1.62 bits per heavy atom. The van der Waals surface area contributed by atoms with E-state index in [0.29, 0.717) is 49.4 Å². The van der Waals surface area contributed by atoms with Crippen LogP contribution in [0.3, 0.4) is 0 Å². The molecule has 1 saturated carbocycles. The maximum absolute atomic E-state index is 14.1. The summed E-state index contributed by atoms with van der Waals surface area (Å²) in [5.74, 6) is -0.469. The lowest BCUT2D eigenvalue weighted by atomic mass is 9.91. The number of carbonyl (C=O) groups excluding carboxylic acids is 1. The minimum Gasteiger partial charge on any atom is -0.493 e. The van der Waals surface area contributed by atoms with Gasteiger partial charge in [-0.1, -0.05) is 66.7 Å². The number of aliphatic carboxylic acids is 1. The molecule has 3 aromatic rings. The van der Waals surface area contributed by atoms with Crippen LogP contribution in [-0.4, -0.2) is 52.3 Å². The van der Waals surface area contributed by atoms with Gasteiger partial charge in [0.15, 0.2) is 17.6 Å².